The Labute approximate surface area is 115 Å². The summed E-state index contributed by atoms with van der Waals surface area (Å²) in [6.45, 7) is 7.88. The molecule has 0 unspecified atom stereocenters. The van der Waals surface area contributed by atoms with E-state index in [1.54, 1.807) is 4.90 Å². The van der Waals surface area contributed by atoms with Crippen LogP contribution < -0.4 is 5.14 Å². The molecule has 0 aromatic rings. The van der Waals surface area contributed by atoms with Crippen LogP contribution in [-0.2, 0) is 15.0 Å². The minimum Gasteiger partial charge on any atom is -0.444 e. The van der Waals surface area contributed by atoms with Crippen molar-refractivity contribution in [2.24, 2.45) is 11.1 Å². The number of hydrogen-bond acceptors (Lipinski definition) is 4. The minimum absolute atomic E-state index is 0.200. The highest BCUT2D eigenvalue weighted by Gasteiger charge is 2.33. The van der Waals surface area contributed by atoms with Gasteiger partial charge in [-0.1, -0.05) is 6.92 Å². The van der Waals surface area contributed by atoms with Crippen LogP contribution in [0.2, 0.25) is 0 Å². The van der Waals surface area contributed by atoms with Crippen molar-refractivity contribution in [3.63, 3.8) is 0 Å². The summed E-state index contributed by atoms with van der Waals surface area (Å²) in [7, 11) is -2.34. The number of rotatable bonds is 1. The molecular formula is C11H24N2O5S. The molecule has 3 N–H and O–H groups in total. The van der Waals surface area contributed by atoms with E-state index in [9.17, 15) is 4.79 Å². The van der Waals surface area contributed by atoms with Gasteiger partial charge in [0.25, 0.3) is 0 Å². The molecule has 1 rings (SSSR count). The van der Waals surface area contributed by atoms with Gasteiger partial charge in [0.2, 0.25) is 0 Å². The summed E-state index contributed by atoms with van der Waals surface area (Å²) in [5, 5.41) is 3.88. The normalized spacial score (nSPS) is 22.7. The molecule has 114 valence electrons. The van der Waals surface area contributed by atoms with E-state index in [2.05, 4.69) is 12.1 Å². The van der Waals surface area contributed by atoms with Crippen molar-refractivity contribution in [2.75, 3.05) is 7.05 Å². The van der Waals surface area contributed by atoms with Gasteiger partial charge in [0.15, 0.2) is 0 Å². The highest BCUT2D eigenvalue weighted by Crippen LogP contribution is 2.30. The van der Waals surface area contributed by atoms with Crippen LogP contribution in [0.4, 0.5) is 4.79 Å². The third-order valence-corrected chi connectivity index (χ3v) is 2.58. The first-order chi connectivity index (χ1) is 8.29. The Balaban J connectivity index is 0.000000555. The Morgan fingerprint density at radius 2 is 1.74 bits per heavy atom. The molecule has 1 aliphatic carbocycles. The SMILES string of the molecule is CC1CC(N(C)C(=O)OC(C)(C)C)C1.NS(=O)(=O)O. The molecule has 8 heteroatoms. The fourth-order valence-corrected chi connectivity index (χ4v) is 1.66. The Morgan fingerprint density at radius 1 is 1.37 bits per heavy atom. The maximum absolute atomic E-state index is 11.6. The van der Waals surface area contributed by atoms with Gasteiger partial charge < -0.3 is 9.64 Å². The van der Waals surface area contributed by atoms with Crippen LogP contribution in [0, 0.1) is 5.92 Å². The van der Waals surface area contributed by atoms with E-state index in [-0.39, 0.29) is 11.7 Å². The molecule has 0 aromatic carbocycles. The topological polar surface area (TPSA) is 110 Å². The van der Waals surface area contributed by atoms with Crippen molar-refractivity contribution >= 4 is 16.4 Å². The van der Waals surface area contributed by atoms with Gasteiger partial charge in [0.1, 0.15) is 5.60 Å². The summed E-state index contributed by atoms with van der Waals surface area (Å²) in [6, 6.07) is 0.389. The third-order valence-electron chi connectivity index (χ3n) is 2.58. The molecular weight excluding hydrogens is 272 g/mol. The van der Waals surface area contributed by atoms with Crippen molar-refractivity contribution in [3.8, 4) is 0 Å². The number of ether oxygens (including phenoxy) is 1. The standard InChI is InChI=1S/C11H21NO2.H3NO3S/c1-8-6-9(7-8)12(5)10(13)14-11(2,3)4;1-5(2,3)4/h8-9H,6-7H2,1-5H3;(H3,1,2,3,4). The Bertz CT molecular complexity index is 388. The lowest BCUT2D eigenvalue weighted by atomic mass is 9.81. The molecule has 0 saturated heterocycles. The molecule has 0 aliphatic heterocycles. The largest absolute Gasteiger partial charge is 0.444 e. The maximum Gasteiger partial charge on any atom is 0.410 e. The van der Waals surface area contributed by atoms with Gasteiger partial charge >= 0.3 is 16.4 Å². The summed E-state index contributed by atoms with van der Waals surface area (Å²) in [4.78, 5) is 13.3. The fourth-order valence-electron chi connectivity index (χ4n) is 1.66. The lowest BCUT2D eigenvalue weighted by Gasteiger charge is -2.39. The number of amides is 1. The zero-order valence-corrected chi connectivity index (χ0v) is 12.9. The summed E-state index contributed by atoms with van der Waals surface area (Å²) in [5.41, 5.74) is -0.388. The minimum atomic E-state index is -4.17. The number of carbonyl (C=O) groups excluding carboxylic acids is 1. The molecule has 0 spiro atoms. The molecule has 0 heterocycles. The Hall–Kier alpha value is -0.860. The predicted molar refractivity (Wildman–Crippen MR) is 71.9 cm³/mol. The second kappa shape index (κ2) is 6.53. The third kappa shape index (κ3) is 9.69. The zero-order valence-electron chi connectivity index (χ0n) is 12.1. The lowest BCUT2D eigenvalue weighted by molar-refractivity contribution is 0.00814. The molecule has 0 bridgehead atoms. The maximum atomic E-state index is 11.6. The summed E-state index contributed by atoms with van der Waals surface area (Å²) in [5.74, 6) is 0.755. The van der Waals surface area contributed by atoms with E-state index in [4.69, 9.17) is 17.7 Å². The van der Waals surface area contributed by atoms with Crippen LogP contribution in [0.25, 0.3) is 0 Å². The average molecular weight is 296 g/mol. The van der Waals surface area contributed by atoms with Gasteiger partial charge in [-0.3, -0.25) is 4.55 Å². The van der Waals surface area contributed by atoms with Gasteiger partial charge in [-0.2, -0.15) is 8.42 Å². The van der Waals surface area contributed by atoms with Crippen molar-refractivity contribution in [2.45, 2.75) is 52.2 Å². The highest BCUT2D eigenvalue weighted by atomic mass is 32.2. The van der Waals surface area contributed by atoms with Crippen LogP contribution in [0.15, 0.2) is 0 Å². The first-order valence-corrected chi connectivity index (χ1v) is 7.51. The van der Waals surface area contributed by atoms with Gasteiger partial charge in [0, 0.05) is 13.1 Å². The summed E-state index contributed by atoms with van der Waals surface area (Å²) in [6.07, 6.45) is 2.01. The van der Waals surface area contributed by atoms with Gasteiger partial charge in [-0.05, 0) is 39.5 Å². The van der Waals surface area contributed by atoms with Crippen molar-refractivity contribution in [1.29, 1.82) is 0 Å². The second-order valence-corrected chi connectivity index (χ2v) is 6.87. The second-order valence-electron chi connectivity index (χ2n) is 5.84. The summed E-state index contributed by atoms with van der Waals surface area (Å²) < 4.78 is 30.5. The predicted octanol–water partition coefficient (Wildman–Crippen LogP) is 1.40. The number of nitrogens with two attached hydrogens (primary N) is 1. The van der Waals surface area contributed by atoms with E-state index in [1.807, 2.05) is 27.8 Å². The number of hydrogen-bond donors (Lipinski definition) is 2. The number of nitrogens with zero attached hydrogens (tertiary/aromatic N) is 1. The van der Waals surface area contributed by atoms with E-state index in [0.29, 0.717) is 6.04 Å². The van der Waals surface area contributed by atoms with Gasteiger partial charge in [-0.25, -0.2) is 9.93 Å². The van der Waals surface area contributed by atoms with E-state index >= 15 is 0 Å². The molecule has 0 radical (unpaired) electrons. The Kier molecular flexibility index (Phi) is 6.24. The fraction of sp³-hybridized carbons (Fsp3) is 0.909. The summed E-state index contributed by atoms with van der Waals surface area (Å²) >= 11 is 0. The molecule has 0 atom stereocenters. The smallest absolute Gasteiger partial charge is 0.410 e. The molecule has 7 nitrogen and oxygen atoms in total. The van der Waals surface area contributed by atoms with Gasteiger partial charge in [0.05, 0.1) is 0 Å². The first kappa shape index (κ1) is 18.1. The van der Waals surface area contributed by atoms with Crippen LogP contribution in [0.1, 0.15) is 40.5 Å². The molecule has 1 saturated carbocycles. The van der Waals surface area contributed by atoms with Crippen LogP contribution >= 0.6 is 0 Å². The van der Waals surface area contributed by atoms with Crippen LogP contribution in [-0.4, -0.2) is 42.7 Å². The van der Waals surface area contributed by atoms with Crippen LogP contribution in [0.5, 0.6) is 0 Å². The van der Waals surface area contributed by atoms with E-state index in [1.165, 1.54) is 0 Å². The average Bonchev–Trinajstić information content (AvgIpc) is 2.06. The lowest BCUT2D eigenvalue weighted by Crippen LogP contribution is -2.46. The zero-order chi connectivity index (χ0) is 15.4. The first-order valence-electron chi connectivity index (χ1n) is 6.00. The highest BCUT2D eigenvalue weighted by molar-refractivity contribution is 7.83. The quantitative estimate of drug-likeness (QED) is 0.711. The van der Waals surface area contributed by atoms with Crippen molar-refractivity contribution in [1.82, 2.24) is 4.90 Å². The monoisotopic (exact) mass is 296 g/mol. The van der Waals surface area contributed by atoms with Crippen molar-refractivity contribution < 1.29 is 22.5 Å². The number of carbonyl (C=O) groups is 1. The van der Waals surface area contributed by atoms with Gasteiger partial charge in [-0.15, -0.1) is 0 Å². The van der Waals surface area contributed by atoms with E-state index < -0.39 is 10.3 Å². The van der Waals surface area contributed by atoms with Crippen molar-refractivity contribution in [3.05, 3.63) is 0 Å². The molecule has 1 fully saturated rings. The van der Waals surface area contributed by atoms with Crippen LogP contribution in [0.3, 0.4) is 0 Å². The Morgan fingerprint density at radius 3 is 2.00 bits per heavy atom. The molecule has 1 amide bonds. The van der Waals surface area contributed by atoms with E-state index in [0.717, 1.165) is 18.8 Å². The molecule has 0 aromatic heterocycles. The molecule has 1 aliphatic rings. The molecule has 19 heavy (non-hydrogen) atoms.